The van der Waals surface area contributed by atoms with E-state index in [0.29, 0.717) is 0 Å². The molecule has 0 bridgehead atoms. The monoisotopic (exact) mass is 720 g/mol. The Morgan fingerprint density at radius 2 is 0.476 bits per heavy atom. The van der Waals surface area contributed by atoms with Gasteiger partial charge >= 0.3 is 65.0 Å². The van der Waals surface area contributed by atoms with Crippen LogP contribution in [0.5, 0.6) is 0 Å². The molecule has 0 fully saturated rings. The first-order valence-electron chi connectivity index (χ1n) is 17.9. The molecule has 0 spiro atoms. The summed E-state index contributed by atoms with van der Waals surface area (Å²) >= 11 is 0. The van der Waals surface area contributed by atoms with Gasteiger partial charge in [0, 0.05) is 11.9 Å². The van der Waals surface area contributed by atoms with Gasteiger partial charge in [0.2, 0.25) is 0 Å². The van der Waals surface area contributed by atoms with Crippen molar-refractivity contribution in [2.45, 2.75) is 219 Å². The fourth-order valence-corrected chi connectivity index (χ4v) is 5.28. The molecule has 0 saturated carbocycles. The number of unbranched alkanes of at least 4 members (excludes halogenated alkanes) is 28. The average Bonchev–Trinajstić information content (AvgIpc) is 2.93. The van der Waals surface area contributed by atoms with Gasteiger partial charge in [0.15, 0.2) is 0 Å². The molecule has 0 heterocycles. The van der Waals surface area contributed by atoms with E-state index in [9.17, 15) is 19.8 Å². The summed E-state index contributed by atoms with van der Waals surface area (Å²) in [6, 6.07) is 0. The Bertz CT molecular complexity index is 461. The summed E-state index contributed by atoms with van der Waals surface area (Å²) in [5.41, 5.74) is 0. The van der Waals surface area contributed by atoms with Gasteiger partial charge < -0.3 is 19.8 Å². The smallest absolute Gasteiger partial charge is 0.550 e. The van der Waals surface area contributed by atoms with Crippen LogP contribution < -0.4 is 10.2 Å². The number of carboxylic acid groups (broad SMARTS) is 2. The second kappa shape index (κ2) is 46.5. The minimum Gasteiger partial charge on any atom is -0.550 e. The maximum absolute atomic E-state index is 10.2. The van der Waals surface area contributed by atoms with E-state index in [0.717, 1.165) is 25.7 Å². The molecule has 0 aromatic carbocycles. The molecule has 0 aliphatic carbocycles. The maximum Gasteiger partial charge on any atom is 2.00 e. The largest absolute Gasteiger partial charge is 2.00 e. The molecule has 0 rings (SSSR count). The predicted molar refractivity (Wildman–Crippen MR) is 175 cm³/mol. The van der Waals surface area contributed by atoms with Crippen LogP contribution in [0.2, 0.25) is 0 Å². The van der Waals surface area contributed by atoms with E-state index >= 15 is 0 Å². The van der Waals surface area contributed by atoms with Crippen molar-refractivity contribution in [2.75, 3.05) is 0 Å². The summed E-state index contributed by atoms with van der Waals surface area (Å²) in [6.45, 7) is 4.53. The van der Waals surface area contributed by atoms with Crippen LogP contribution >= 0.6 is 0 Å². The van der Waals surface area contributed by atoms with Gasteiger partial charge in [-0.15, -0.1) is 0 Å². The molecule has 0 aliphatic heterocycles. The van der Waals surface area contributed by atoms with E-state index in [1.54, 1.807) is 0 Å². The Labute approximate surface area is 313 Å². The molecule has 0 atom stereocenters. The molecular weight excluding hydrogens is 649 g/mol. The molecule has 0 N–H and O–H groups in total. The minimum atomic E-state index is -0.903. The number of aliphatic carboxylic acids is 2. The van der Waals surface area contributed by atoms with E-state index in [1.807, 2.05) is 0 Å². The summed E-state index contributed by atoms with van der Waals surface area (Å²) in [4.78, 5) is 20.4. The standard InChI is InChI=1S/2C18H36O2.Ca.Cd/c2*1-2-3-4-5-6-7-8-9-10-11-12-13-14-15-16-17-18(19)20;;/h2*2-17H2,1H3,(H,19,20);;/q;;2*+2/p-2. The van der Waals surface area contributed by atoms with Crippen molar-refractivity contribution >= 4 is 49.7 Å². The van der Waals surface area contributed by atoms with E-state index in [2.05, 4.69) is 13.8 Å². The third kappa shape index (κ3) is 53.7. The number of carboxylic acids is 2. The van der Waals surface area contributed by atoms with Crippen molar-refractivity contribution in [3.8, 4) is 0 Å². The van der Waals surface area contributed by atoms with Crippen molar-refractivity contribution in [1.29, 1.82) is 0 Å². The molecule has 0 radical (unpaired) electrons. The second-order valence-corrected chi connectivity index (χ2v) is 12.1. The number of carbonyl (C=O) groups excluding carboxylic acids is 2. The van der Waals surface area contributed by atoms with Crippen molar-refractivity contribution < 1.29 is 47.1 Å². The number of rotatable bonds is 32. The molecule has 0 amide bonds. The molecular formula is C36H70CaCdO4+2. The van der Waals surface area contributed by atoms with Crippen LogP contribution in [0.3, 0.4) is 0 Å². The molecule has 0 aromatic heterocycles. The average molecular weight is 719 g/mol. The second-order valence-electron chi connectivity index (χ2n) is 12.1. The summed E-state index contributed by atoms with van der Waals surface area (Å²) in [6.07, 6.45) is 39.7. The van der Waals surface area contributed by atoms with E-state index in [-0.39, 0.29) is 77.9 Å². The van der Waals surface area contributed by atoms with Gasteiger partial charge in [0.1, 0.15) is 0 Å². The summed E-state index contributed by atoms with van der Waals surface area (Å²) in [7, 11) is 0. The normalized spacial score (nSPS) is 10.3. The van der Waals surface area contributed by atoms with Crippen LogP contribution in [0.15, 0.2) is 0 Å². The van der Waals surface area contributed by atoms with Crippen LogP contribution in [-0.4, -0.2) is 49.7 Å². The van der Waals surface area contributed by atoms with Gasteiger partial charge in [-0.25, -0.2) is 0 Å². The Morgan fingerprint density at radius 1 is 0.333 bits per heavy atom. The molecule has 0 saturated heterocycles. The Hall–Kier alpha value is 1.12. The topological polar surface area (TPSA) is 80.3 Å². The Morgan fingerprint density at radius 3 is 0.619 bits per heavy atom. The van der Waals surface area contributed by atoms with Crippen LogP contribution in [0.1, 0.15) is 219 Å². The first kappa shape index (κ1) is 50.0. The molecule has 0 aliphatic rings. The van der Waals surface area contributed by atoms with Crippen LogP contribution in [0, 0.1) is 0 Å². The number of carbonyl (C=O) groups is 2. The quantitative estimate of drug-likeness (QED) is 0.0513. The third-order valence-electron chi connectivity index (χ3n) is 7.97. The van der Waals surface area contributed by atoms with Gasteiger partial charge in [0.05, 0.1) is 0 Å². The first-order chi connectivity index (χ1) is 19.5. The van der Waals surface area contributed by atoms with Gasteiger partial charge in [0.25, 0.3) is 0 Å². The molecule has 240 valence electrons. The predicted octanol–water partition coefficient (Wildman–Crippen LogP) is 9.61. The van der Waals surface area contributed by atoms with Crippen LogP contribution in [0.25, 0.3) is 0 Å². The van der Waals surface area contributed by atoms with Crippen molar-refractivity contribution in [3.63, 3.8) is 0 Å². The molecule has 0 aromatic rings. The van der Waals surface area contributed by atoms with E-state index in [4.69, 9.17) is 0 Å². The zero-order chi connectivity index (χ0) is 29.8. The Kier molecular flexibility index (Phi) is 55.4. The number of hydrogen-bond acceptors (Lipinski definition) is 4. The zero-order valence-corrected chi connectivity index (χ0v) is 34.9. The van der Waals surface area contributed by atoms with Crippen molar-refractivity contribution in [3.05, 3.63) is 0 Å². The van der Waals surface area contributed by atoms with Gasteiger partial charge in [-0.1, -0.05) is 194 Å². The van der Waals surface area contributed by atoms with Crippen LogP contribution in [0.4, 0.5) is 0 Å². The van der Waals surface area contributed by atoms with Gasteiger partial charge in [-0.05, 0) is 25.7 Å². The molecule has 42 heavy (non-hydrogen) atoms. The summed E-state index contributed by atoms with van der Waals surface area (Å²) in [5.74, 6) is -1.81. The fraction of sp³-hybridized carbons (Fsp3) is 0.944. The van der Waals surface area contributed by atoms with Crippen molar-refractivity contribution in [2.24, 2.45) is 0 Å². The number of hydrogen-bond donors (Lipinski definition) is 0. The summed E-state index contributed by atoms with van der Waals surface area (Å²) in [5, 5.41) is 20.4. The maximum atomic E-state index is 10.2. The minimum absolute atomic E-state index is 0. The summed E-state index contributed by atoms with van der Waals surface area (Å²) < 4.78 is 0. The molecule has 0 unspecified atom stereocenters. The van der Waals surface area contributed by atoms with Gasteiger partial charge in [-0.3, -0.25) is 0 Å². The van der Waals surface area contributed by atoms with E-state index < -0.39 is 11.9 Å². The molecule has 6 heteroatoms. The fourth-order valence-electron chi connectivity index (χ4n) is 5.28. The van der Waals surface area contributed by atoms with E-state index in [1.165, 1.54) is 167 Å². The third-order valence-corrected chi connectivity index (χ3v) is 7.97. The zero-order valence-electron chi connectivity index (χ0n) is 28.7. The van der Waals surface area contributed by atoms with Crippen LogP contribution in [-0.2, 0) is 36.9 Å². The Balaban J connectivity index is -0.000000328. The first-order valence-corrected chi connectivity index (χ1v) is 17.9. The van der Waals surface area contributed by atoms with Crippen molar-refractivity contribution in [1.82, 2.24) is 0 Å². The SMILES string of the molecule is CCCCCCCCCCCCCCCCCC(=O)[O-].CCCCCCCCCCCCCCCCCC(=O)[O-].[Ca+2].[Cd+2]. The van der Waals surface area contributed by atoms with Gasteiger partial charge in [-0.2, -0.15) is 0 Å². The molecule has 4 nitrogen and oxygen atoms in total.